The summed E-state index contributed by atoms with van der Waals surface area (Å²) in [5.74, 6) is 0. The van der Waals surface area contributed by atoms with Crippen molar-refractivity contribution in [1.82, 2.24) is 9.44 Å². The third-order valence-electron chi connectivity index (χ3n) is 2.04. The molecule has 0 saturated carbocycles. The highest BCUT2D eigenvalue weighted by atomic mass is 35.5. The molecule has 0 heterocycles. The van der Waals surface area contributed by atoms with E-state index in [1.807, 2.05) is 0 Å². The van der Waals surface area contributed by atoms with E-state index in [1.165, 1.54) is 26.2 Å². The summed E-state index contributed by atoms with van der Waals surface area (Å²) in [6, 6.07) is 3.44. The first-order valence-electron chi connectivity index (χ1n) is 4.41. The monoisotopic (exact) mass is 298 g/mol. The highest BCUT2D eigenvalue weighted by molar-refractivity contribution is 7.90. The van der Waals surface area contributed by atoms with Crippen molar-refractivity contribution in [2.75, 3.05) is 14.1 Å². The Balaban J connectivity index is 3.51. The van der Waals surface area contributed by atoms with Gasteiger partial charge in [0, 0.05) is 0 Å². The summed E-state index contributed by atoms with van der Waals surface area (Å²) in [6.45, 7) is 0. The maximum atomic E-state index is 11.6. The summed E-state index contributed by atoms with van der Waals surface area (Å²) < 4.78 is 50.3. The lowest BCUT2D eigenvalue weighted by Gasteiger charge is -2.08. The molecule has 0 spiro atoms. The number of benzene rings is 1. The van der Waals surface area contributed by atoms with E-state index in [9.17, 15) is 16.8 Å². The van der Waals surface area contributed by atoms with Gasteiger partial charge in [-0.25, -0.2) is 26.3 Å². The lowest BCUT2D eigenvalue weighted by atomic mass is 10.4. The average molecular weight is 299 g/mol. The second-order valence-electron chi connectivity index (χ2n) is 3.01. The van der Waals surface area contributed by atoms with Crippen molar-refractivity contribution in [3.05, 3.63) is 23.2 Å². The van der Waals surface area contributed by atoms with Crippen molar-refractivity contribution >= 4 is 31.6 Å². The van der Waals surface area contributed by atoms with E-state index in [2.05, 4.69) is 9.44 Å². The summed E-state index contributed by atoms with van der Waals surface area (Å²) in [5, 5.41) is -0.0468. The fourth-order valence-corrected chi connectivity index (χ4v) is 3.16. The summed E-state index contributed by atoms with van der Waals surface area (Å²) in [6.07, 6.45) is 0. The Hall–Kier alpha value is -0.670. The molecule has 0 aromatic heterocycles. The molecule has 17 heavy (non-hydrogen) atoms. The van der Waals surface area contributed by atoms with Gasteiger partial charge in [-0.3, -0.25) is 0 Å². The van der Waals surface area contributed by atoms with Crippen molar-refractivity contribution < 1.29 is 16.8 Å². The number of halogens is 1. The second kappa shape index (κ2) is 4.91. The molecule has 1 aromatic carbocycles. The van der Waals surface area contributed by atoms with Crippen LogP contribution in [0.1, 0.15) is 0 Å². The molecule has 0 radical (unpaired) electrons. The van der Waals surface area contributed by atoms with Crippen LogP contribution in [0.3, 0.4) is 0 Å². The largest absolute Gasteiger partial charge is 0.241 e. The van der Waals surface area contributed by atoms with Crippen molar-refractivity contribution in [2.24, 2.45) is 0 Å². The van der Waals surface area contributed by atoms with Crippen LogP contribution in [0, 0.1) is 0 Å². The molecule has 1 rings (SSSR count). The van der Waals surface area contributed by atoms with E-state index in [4.69, 9.17) is 11.6 Å². The van der Waals surface area contributed by atoms with E-state index in [0.717, 1.165) is 6.07 Å². The maximum absolute atomic E-state index is 11.6. The van der Waals surface area contributed by atoms with Crippen molar-refractivity contribution in [2.45, 2.75) is 9.79 Å². The average Bonchev–Trinajstić information content (AvgIpc) is 2.29. The third kappa shape index (κ3) is 2.96. The van der Waals surface area contributed by atoms with E-state index in [-0.39, 0.29) is 14.8 Å². The van der Waals surface area contributed by atoms with Crippen LogP contribution in [0.2, 0.25) is 5.02 Å². The van der Waals surface area contributed by atoms with Crippen LogP contribution in [0.5, 0.6) is 0 Å². The first-order chi connectivity index (χ1) is 7.74. The van der Waals surface area contributed by atoms with Crippen LogP contribution in [-0.2, 0) is 20.0 Å². The summed E-state index contributed by atoms with van der Waals surface area (Å²) >= 11 is 5.72. The fraction of sp³-hybridized carbons (Fsp3) is 0.250. The Morgan fingerprint density at radius 2 is 1.53 bits per heavy atom. The third-order valence-corrected chi connectivity index (χ3v) is 5.35. The van der Waals surface area contributed by atoms with Crippen LogP contribution >= 0.6 is 11.6 Å². The Morgan fingerprint density at radius 1 is 1.00 bits per heavy atom. The zero-order valence-electron chi connectivity index (χ0n) is 9.06. The first kappa shape index (κ1) is 14.4. The van der Waals surface area contributed by atoms with Gasteiger partial charge in [-0.1, -0.05) is 11.6 Å². The smallest absolute Gasteiger partial charge is 0.214 e. The molecule has 0 aliphatic rings. The molecule has 96 valence electrons. The lowest BCUT2D eigenvalue weighted by Crippen LogP contribution is -2.21. The molecule has 0 aliphatic heterocycles. The van der Waals surface area contributed by atoms with Gasteiger partial charge in [0.1, 0.15) is 4.90 Å². The fourth-order valence-electron chi connectivity index (χ4n) is 1.08. The molecule has 0 atom stereocenters. The predicted octanol–water partition coefficient (Wildman–Crippen LogP) is 0.156. The topological polar surface area (TPSA) is 92.3 Å². The molecule has 9 heteroatoms. The number of rotatable bonds is 4. The maximum Gasteiger partial charge on any atom is 0.241 e. The lowest BCUT2D eigenvalue weighted by molar-refractivity contribution is 0.586. The van der Waals surface area contributed by atoms with Crippen molar-refractivity contribution in [3.8, 4) is 0 Å². The van der Waals surface area contributed by atoms with Gasteiger partial charge in [-0.2, -0.15) is 0 Å². The molecule has 6 nitrogen and oxygen atoms in total. The van der Waals surface area contributed by atoms with E-state index < -0.39 is 20.0 Å². The van der Waals surface area contributed by atoms with Gasteiger partial charge < -0.3 is 0 Å². The van der Waals surface area contributed by atoms with Gasteiger partial charge >= 0.3 is 0 Å². The first-order valence-corrected chi connectivity index (χ1v) is 7.75. The Morgan fingerprint density at radius 3 is 2.00 bits per heavy atom. The molecule has 0 aliphatic carbocycles. The summed E-state index contributed by atoms with van der Waals surface area (Å²) in [5.41, 5.74) is 0. The number of sulfonamides is 2. The molecule has 0 unspecified atom stereocenters. The number of nitrogens with one attached hydrogen (secondary N) is 2. The molecule has 0 saturated heterocycles. The van der Waals surface area contributed by atoms with E-state index >= 15 is 0 Å². The Kier molecular flexibility index (Phi) is 4.15. The highest BCUT2D eigenvalue weighted by Gasteiger charge is 2.20. The second-order valence-corrected chi connectivity index (χ2v) is 7.16. The zero-order chi connectivity index (χ0) is 13.3. The quantitative estimate of drug-likeness (QED) is 0.828. The summed E-state index contributed by atoms with van der Waals surface area (Å²) in [7, 11) is -5.06. The molecule has 0 bridgehead atoms. The number of hydrogen-bond acceptors (Lipinski definition) is 4. The van der Waals surface area contributed by atoms with Gasteiger partial charge in [-0.15, -0.1) is 0 Å². The van der Waals surface area contributed by atoms with Crippen LogP contribution in [0.15, 0.2) is 28.0 Å². The van der Waals surface area contributed by atoms with Crippen LogP contribution in [0.4, 0.5) is 0 Å². The molecule has 0 amide bonds. The van der Waals surface area contributed by atoms with E-state index in [0.29, 0.717) is 0 Å². The summed E-state index contributed by atoms with van der Waals surface area (Å²) in [4.78, 5) is -0.448. The zero-order valence-corrected chi connectivity index (χ0v) is 11.4. The van der Waals surface area contributed by atoms with Gasteiger partial charge in [0.15, 0.2) is 0 Å². The number of hydrogen-bond donors (Lipinski definition) is 2. The molecule has 2 N–H and O–H groups in total. The molecule has 1 aromatic rings. The van der Waals surface area contributed by atoms with Gasteiger partial charge in [-0.05, 0) is 32.3 Å². The van der Waals surface area contributed by atoms with Crippen molar-refractivity contribution in [1.29, 1.82) is 0 Å². The van der Waals surface area contributed by atoms with Crippen LogP contribution in [-0.4, -0.2) is 30.9 Å². The molecule has 0 fully saturated rings. The van der Waals surface area contributed by atoms with Crippen LogP contribution < -0.4 is 9.44 Å². The SMILES string of the molecule is CNS(=O)(=O)c1ccc(Cl)c(S(=O)(=O)NC)c1. The van der Waals surface area contributed by atoms with Gasteiger partial charge in [0.2, 0.25) is 20.0 Å². The van der Waals surface area contributed by atoms with E-state index in [1.54, 1.807) is 0 Å². The molecular weight excluding hydrogens is 288 g/mol. The van der Waals surface area contributed by atoms with Crippen molar-refractivity contribution in [3.63, 3.8) is 0 Å². The predicted molar refractivity (Wildman–Crippen MR) is 63.9 cm³/mol. The minimum Gasteiger partial charge on any atom is -0.214 e. The van der Waals surface area contributed by atoms with Crippen LogP contribution in [0.25, 0.3) is 0 Å². The minimum atomic E-state index is -3.79. The highest BCUT2D eigenvalue weighted by Crippen LogP contribution is 2.24. The normalized spacial score (nSPS) is 12.6. The van der Waals surface area contributed by atoms with Gasteiger partial charge in [0.05, 0.1) is 9.92 Å². The molecular formula is C8H11ClN2O4S2. The van der Waals surface area contributed by atoms with Gasteiger partial charge in [0.25, 0.3) is 0 Å². The standard InChI is InChI=1S/C8H11ClN2O4S2/c1-10-16(12,13)6-3-4-7(9)8(5-6)17(14,15)11-2/h3-5,10-11H,1-2H3. The minimum absolute atomic E-state index is 0.0468. The Labute approximate surface area is 105 Å². The Bertz CT molecular complexity index is 625.